The summed E-state index contributed by atoms with van der Waals surface area (Å²) in [6.45, 7) is 2.64. The fraction of sp³-hybridized carbons (Fsp3) is 0.462. The molecule has 3 rings (SSSR count). The number of Topliss-reactive ketones (excluding diaryl/α,β-unsaturated/α-hetero) is 1. The van der Waals surface area contributed by atoms with Gasteiger partial charge in [-0.2, -0.15) is 4.98 Å². The van der Waals surface area contributed by atoms with Crippen molar-refractivity contribution >= 4 is 19.3 Å². The van der Waals surface area contributed by atoms with Gasteiger partial charge in [-0.1, -0.05) is 67.7 Å². The van der Waals surface area contributed by atoms with Crippen molar-refractivity contribution in [3.05, 3.63) is 114 Å². The number of benzene rings is 1. The highest BCUT2D eigenvalue weighted by Gasteiger charge is 2.55. The normalized spacial score (nSPS) is 21.9. The van der Waals surface area contributed by atoms with Gasteiger partial charge in [0.05, 0.1) is 6.61 Å². The molecule has 0 saturated carbocycles. The van der Waals surface area contributed by atoms with E-state index in [-0.39, 0.29) is 30.3 Å². The van der Waals surface area contributed by atoms with E-state index in [9.17, 15) is 23.7 Å². The fourth-order valence-corrected chi connectivity index (χ4v) is 6.66. The number of ether oxygens (including phenoxy) is 1. The van der Waals surface area contributed by atoms with Crippen LogP contribution < -0.4 is 21.0 Å². The van der Waals surface area contributed by atoms with Crippen LogP contribution in [0.5, 0.6) is 5.75 Å². The molecule has 0 amide bonds. The lowest BCUT2D eigenvalue weighted by Crippen LogP contribution is -2.43. The van der Waals surface area contributed by atoms with Crippen molar-refractivity contribution in [1.82, 2.24) is 14.6 Å². The molecule has 11 nitrogen and oxygen atoms in total. The standard InChI is InChI=1S/C39H53F2N4O7P/c1-3-4-5-6-7-8-9-10-11-12-13-14-15-16-17-18-19-21-32(46)22-20-28-43-53(49,52-33-25-23-31(40)24-26-33)50-30-34-36(47)39(2,41)37(51-34)45-29-27-35(42)44-38(45)48/h4-5,7-8,10-11,13-14,16-17,23-27,29,34,36-37,47H,3,6,9,12,15,18-22,28,30H2,1-2H3,(H,43,49)(H2,42,44,48)/b5-4-,8-7-,11-10-,14-13-,17-16-/t34-,36-,37-,39-,53?/m1/s1. The average Bonchev–Trinajstić information content (AvgIpc) is 3.35. The maximum atomic E-state index is 15.6. The minimum Gasteiger partial charge on any atom is -0.413 e. The molecule has 0 bridgehead atoms. The quantitative estimate of drug-likeness (QED) is 0.0545. The number of aliphatic hydroxyl groups is 1. The van der Waals surface area contributed by atoms with Crippen LogP contribution in [0.4, 0.5) is 14.6 Å². The molecule has 1 aliphatic heterocycles. The van der Waals surface area contributed by atoms with Crippen LogP contribution in [-0.4, -0.2) is 51.5 Å². The number of nitrogens with one attached hydrogen (secondary N) is 1. The van der Waals surface area contributed by atoms with Crippen molar-refractivity contribution in [2.45, 2.75) is 102 Å². The van der Waals surface area contributed by atoms with Gasteiger partial charge in [-0.3, -0.25) is 13.9 Å². The van der Waals surface area contributed by atoms with Crippen LogP contribution in [0, 0.1) is 5.82 Å². The van der Waals surface area contributed by atoms with E-state index in [1.807, 2.05) is 0 Å². The smallest absolute Gasteiger partial charge is 0.413 e. The van der Waals surface area contributed by atoms with E-state index in [4.69, 9.17) is 19.5 Å². The summed E-state index contributed by atoms with van der Waals surface area (Å²) in [6, 6.07) is 6.01. The zero-order valence-corrected chi connectivity index (χ0v) is 31.4. The molecular formula is C39H53F2N4O7P. The Morgan fingerprint density at radius 3 is 2.19 bits per heavy atom. The molecule has 2 heterocycles. The Hall–Kier alpha value is -4.00. The van der Waals surface area contributed by atoms with E-state index in [0.717, 1.165) is 62.1 Å². The van der Waals surface area contributed by atoms with E-state index >= 15 is 4.39 Å². The lowest BCUT2D eigenvalue weighted by molar-refractivity contribution is -0.119. The highest BCUT2D eigenvalue weighted by atomic mass is 31.2. The lowest BCUT2D eigenvalue weighted by atomic mass is 9.98. The second-order valence-electron chi connectivity index (χ2n) is 12.7. The first-order chi connectivity index (χ1) is 25.4. The Morgan fingerprint density at radius 1 is 1.00 bits per heavy atom. The van der Waals surface area contributed by atoms with E-state index in [1.54, 1.807) is 0 Å². The summed E-state index contributed by atoms with van der Waals surface area (Å²) in [6.07, 6.45) is 25.0. The summed E-state index contributed by atoms with van der Waals surface area (Å²) in [7, 11) is -4.22. The number of ketones is 1. The summed E-state index contributed by atoms with van der Waals surface area (Å²) >= 11 is 0. The van der Waals surface area contributed by atoms with Gasteiger partial charge >= 0.3 is 13.4 Å². The van der Waals surface area contributed by atoms with Gasteiger partial charge in [-0.15, -0.1) is 0 Å². The van der Waals surface area contributed by atoms with Gasteiger partial charge in [0, 0.05) is 25.6 Å². The van der Waals surface area contributed by atoms with E-state index in [1.165, 1.54) is 24.4 Å². The van der Waals surface area contributed by atoms with Gasteiger partial charge in [-0.25, -0.2) is 23.2 Å². The summed E-state index contributed by atoms with van der Waals surface area (Å²) in [4.78, 5) is 28.4. The molecule has 5 atom stereocenters. The fourth-order valence-electron chi connectivity index (χ4n) is 5.28. The molecule has 1 aromatic carbocycles. The predicted octanol–water partition coefficient (Wildman–Crippen LogP) is 8.02. The molecule has 53 heavy (non-hydrogen) atoms. The molecule has 0 spiro atoms. The minimum absolute atomic E-state index is 0.0222. The highest BCUT2D eigenvalue weighted by molar-refractivity contribution is 7.52. The van der Waals surface area contributed by atoms with Gasteiger partial charge < -0.3 is 20.1 Å². The number of nitrogen functional groups attached to an aromatic ring is 1. The molecule has 1 unspecified atom stereocenters. The number of rotatable bonds is 24. The number of aromatic nitrogens is 2. The first kappa shape index (κ1) is 43.4. The molecule has 290 valence electrons. The largest absolute Gasteiger partial charge is 0.458 e. The Labute approximate surface area is 310 Å². The first-order valence-electron chi connectivity index (χ1n) is 18.0. The van der Waals surface area contributed by atoms with Crippen LogP contribution in [-0.2, 0) is 18.6 Å². The number of hydrogen-bond donors (Lipinski definition) is 3. The number of hydrogen-bond acceptors (Lipinski definition) is 9. The zero-order chi connectivity index (χ0) is 38.5. The molecule has 1 aliphatic rings. The summed E-state index contributed by atoms with van der Waals surface area (Å²) < 4.78 is 60.5. The number of carbonyl (C=O) groups excluding carboxylic acids is 1. The summed E-state index contributed by atoms with van der Waals surface area (Å²) in [5.41, 5.74) is 2.18. The number of halogens is 2. The van der Waals surface area contributed by atoms with Crippen LogP contribution in [0.15, 0.2) is 102 Å². The van der Waals surface area contributed by atoms with Crippen LogP contribution in [0.1, 0.15) is 84.3 Å². The Morgan fingerprint density at radius 2 is 1.58 bits per heavy atom. The minimum atomic E-state index is -4.22. The summed E-state index contributed by atoms with van der Waals surface area (Å²) in [5.74, 6) is -0.534. The number of unbranched alkanes of at least 4 members (excludes halogenated alkanes) is 1. The topological polar surface area (TPSA) is 155 Å². The third-order valence-electron chi connectivity index (χ3n) is 8.19. The van der Waals surface area contributed by atoms with E-state index < -0.39 is 50.0 Å². The predicted molar refractivity (Wildman–Crippen MR) is 203 cm³/mol. The second kappa shape index (κ2) is 22.9. The van der Waals surface area contributed by atoms with Crippen molar-refractivity contribution < 1.29 is 37.0 Å². The Bertz CT molecular complexity index is 1670. The Kier molecular flexibility index (Phi) is 18.8. The van der Waals surface area contributed by atoms with Gasteiger partial charge in [0.25, 0.3) is 0 Å². The number of nitrogens with zero attached hydrogens (tertiary/aromatic N) is 2. The van der Waals surface area contributed by atoms with Crippen LogP contribution >= 0.6 is 7.75 Å². The van der Waals surface area contributed by atoms with Crippen molar-refractivity contribution in [2.75, 3.05) is 18.9 Å². The third-order valence-corrected chi connectivity index (χ3v) is 9.74. The molecule has 14 heteroatoms. The number of alkyl halides is 1. The summed E-state index contributed by atoms with van der Waals surface area (Å²) in [5, 5.41) is 13.4. The van der Waals surface area contributed by atoms with Crippen LogP contribution in [0.3, 0.4) is 0 Å². The third kappa shape index (κ3) is 15.5. The number of nitrogens with two attached hydrogens (primary N) is 1. The molecular weight excluding hydrogens is 705 g/mol. The maximum absolute atomic E-state index is 15.6. The van der Waals surface area contributed by atoms with Crippen molar-refractivity contribution in [2.24, 2.45) is 0 Å². The highest BCUT2D eigenvalue weighted by Crippen LogP contribution is 2.47. The van der Waals surface area contributed by atoms with E-state index in [2.05, 4.69) is 77.8 Å². The molecule has 4 N–H and O–H groups in total. The number of carbonyl (C=O) groups is 1. The molecule has 0 aliphatic carbocycles. The molecule has 1 fully saturated rings. The van der Waals surface area contributed by atoms with Gasteiger partial charge in [0.1, 0.15) is 35.4 Å². The number of aliphatic hydroxyl groups excluding tert-OH is 1. The monoisotopic (exact) mass is 758 g/mol. The van der Waals surface area contributed by atoms with Gasteiger partial charge in [0.15, 0.2) is 11.9 Å². The molecule has 2 aromatic rings. The first-order valence-corrected chi connectivity index (χ1v) is 19.6. The maximum Gasteiger partial charge on any atom is 0.458 e. The van der Waals surface area contributed by atoms with Crippen molar-refractivity contribution in [3.8, 4) is 5.75 Å². The second-order valence-corrected chi connectivity index (χ2v) is 14.4. The number of anilines is 1. The lowest BCUT2D eigenvalue weighted by Gasteiger charge is -2.25. The SMILES string of the molecule is CC/C=C\C/C=C\C/C=C\C/C=C\C/C=C\CCCC(=O)CCCNP(=O)(OC[C@H]1O[C@@H](n2ccc(N)nc2=O)[C@](C)(F)[C@@H]1O)Oc1ccc(F)cc1. The Balaban J connectivity index is 1.40. The van der Waals surface area contributed by atoms with Crippen LogP contribution in [0.2, 0.25) is 0 Å². The van der Waals surface area contributed by atoms with Crippen molar-refractivity contribution in [3.63, 3.8) is 0 Å². The van der Waals surface area contributed by atoms with Crippen LogP contribution in [0.25, 0.3) is 0 Å². The molecule has 0 radical (unpaired) electrons. The van der Waals surface area contributed by atoms with Gasteiger partial charge in [-0.05, 0) is 88.6 Å². The average molecular weight is 759 g/mol. The van der Waals surface area contributed by atoms with Crippen molar-refractivity contribution in [1.29, 1.82) is 0 Å². The van der Waals surface area contributed by atoms with E-state index in [0.29, 0.717) is 19.3 Å². The molecule has 1 saturated heterocycles. The zero-order valence-electron chi connectivity index (χ0n) is 30.5. The number of allylic oxidation sites excluding steroid dienone is 10. The van der Waals surface area contributed by atoms with Gasteiger partial charge in [0.2, 0.25) is 0 Å². The molecule has 1 aromatic heterocycles.